The van der Waals surface area contributed by atoms with E-state index in [9.17, 15) is 17.6 Å². The zero-order chi connectivity index (χ0) is 20.2. The summed E-state index contributed by atoms with van der Waals surface area (Å²) in [4.78, 5) is 11.7. The Morgan fingerprint density at radius 2 is 1.67 bits per heavy atom. The number of ether oxygens (including phenoxy) is 3. The SMILES string of the molecule is COc1ccc(C(=O)OC(C)C)cc1NS(=O)(=O)c1cc(F)ccc1OC. The first kappa shape index (κ1) is 20.5. The molecule has 2 aromatic carbocycles. The summed E-state index contributed by atoms with van der Waals surface area (Å²) in [7, 11) is -1.60. The van der Waals surface area contributed by atoms with Crippen LogP contribution in [0.3, 0.4) is 0 Å². The van der Waals surface area contributed by atoms with E-state index in [0.717, 1.165) is 12.1 Å². The van der Waals surface area contributed by atoms with Crippen LogP contribution in [0.15, 0.2) is 41.3 Å². The minimum Gasteiger partial charge on any atom is -0.495 e. The summed E-state index contributed by atoms with van der Waals surface area (Å²) >= 11 is 0. The molecule has 0 fully saturated rings. The van der Waals surface area contributed by atoms with Crippen molar-refractivity contribution >= 4 is 21.7 Å². The van der Waals surface area contributed by atoms with E-state index < -0.39 is 21.8 Å². The average Bonchev–Trinajstić information content (AvgIpc) is 2.60. The van der Waals surface area contributed by atoms with E-state index in [1.54, 1.807) is 13.8 Å². The standard InChI is InChI=1S/C18H20FNO6S/c1-11(2)26-18(21)12-5-7-15(24-3)14(9-12)20-27(22,23)17-10-13(19)6-8-16(17)25-4/h5-11,20H,1-4H3. The molecule has 146 valence electrons. The van der Waals surface area contributed by atoms with Crippen LogP contribution in [0.5, 0.6) is 11.5 Å². The van der Waals surface area contributed by atoms with E-state index in [2.05, 4.69) is 4.72 Å². The van der Waals surface area contributed by atoms with Crippen LogP contribution in [-0.2, 0) is 14.8 Å². The summed E-state index contributed by atoms with van der Waals surface area (Å²) in [6.45, 7) is 3.39. The first-order valence-electron chi connectivity index (χ1n) is 7.93. The highest BCUT2D eigenvalue weighted by molar-refractivity contribution is 7.92. The number of hydrogen-bond acceptors (Lipinski definition) is 6. The molecule has 2 rings (SSSR count). The molecule has 9 heteroatoms. The Labute approximate surface area is 157 Å². The Morgan fingerprint density at radius 3 is 2.26 bits per heavy atom. The molecule has 0 heterocycles. The zero-order valence-electron chi connectivity index (χ0n) is 15.3. The maximum Gasteiger partial charge on any atom is 0.338 e. The van der Waals surface area contributed by atoms with Crippen LogP contribution >= 0.6 is 0 Å². The third kappa shape index (κ3) is 4.88. The predicted molar refractivity (Wildman–Crippen MR) is 97.3 cm³/mol. The van der Waals surface area contributed by atoms with Crippen molar-refractivity contribution in [3.8, 4) is 11.5 Å². The molecule has 0 saturated heterocycles. The summed E-state index contributed by atoms with van der Waals surface area (Å²) < 4.78 is 56.6. The molecule has 1 N–H and O–H groups in total. The van der Waals surface area contributed by atoms with Crippen molar-refractivity contribution in [1.29, 1.82) is 0 Å². The van der Waals surface area contributed by atoms with Gasteiger partial charge in [0.15, 0.2) is 0 Å². The number of rotatable bonds is 7. The molecule has 0 radical (unpaired) electrons. The van der Waals surface area contributed by atoms with Crippen LogP contribution in [0.1, 0.15) is 24.2 Å². The topological polar surface area (TPSA) is 90.9 Å². The number of methoxy groups -OCH3 is 2. The highest BCUT2D eigenvalue weighted by Gasteiger charge is 2.23. The number of benzene rings is 2. The molecule has 0 amide bonds. The third-order valence-electron chi connectivity index (χ3n) is 3.44. The molecule has 0 atom stereocenters. The van der Waals surface area contributed by atoms with Crippen LogP contribution in [0.2, 0.25) is 0 Å². The van der Waals surface area contributed by atoms with Gasteiger partial charge in [0, 0.05) is 0 Å². The molecule has 0 aromatic heterocycles. The first-order valence-corrected chi connectivity index (χ1v) is 9.41. The van der Waals surface area contributed by atoms with Gasteiger partial charge in [0.2, 0.25) is 0 Å². The summed E-state index contributed by atoms with van der Waals surface area (Å²) in [5, 5.41) is 0. The lowest BCUT2D eigenvalue weighted by Crippen LogP contribution is -2.16. The number of esters is 1. The molecule has 0 aliphatic rings. The number of hydrogen-bond donors (Lipinski definition) is 1. The number of carbonyl (C=O) groups is 1. The number of sulfonamides is 1. The van der Waals surface area contributed by atoms with Gasteiger partial charge in [-0.1, -0.05) is 0 Å². The lowest BCUT2D eigenvalue weighted by Gasteiger charge is -2.15. The third-order valence-corrected chi connectivity index (χ3v) is 4.82. The maximum atomic E-state index is 13.6. The van der Waals surface area contributed by atoms with Gasteiger partial charge in [0.1, 0.15) is 22.2 Å². The van der Waals surface area contributed by atoms with E-state index in [4.69, 9.17) is 14.2 Å². The van der Waals surface area contributed by atoms with Crippen molar-refractivity contribution in [3.05, 3.63) is 47.8 Å². The van der Waals surface area contributed by atoms with Crippen molar-refractivity contribution in [1.82, 2.24) is 0 Å². The molecule has 7 nitrogen and oxygen atoms in total. The second-order valence-electron chi connectivity index (χ2n) is 5.77. The van der Waals surface area contributed by atoms with E-state index >= 15 is 0 Å². The quantitative estimate of drug-likeness (QED) is 0.722. The lowest BCUT2D eigenvalue weighted by atomic mass is 10.2. The number of anilines is 1. The molecule has 0 spiro atoms. The van der Waals surface area contributed by atoms with Gasteiger partial charge in [0.05, 0.1) is 31.6 Å². The average molecular weight is 397 g/mol. The van der Waals surface area contributed by atoms with Crippen LogP contribution in [0, 0.1) is 5.82 Å². The van der Waals surface area contributed by atoms with E-state index in [1.807, 2.05) is 0 Å². The fourth-order valence-electron chi connectivity index (χ4n) is 2.26. The van der Waals surface area contributed by atoms with Crippen molar-refractivity contribution in [2.24, 2.45) is 0 Å². The van der Waals surface area contributed by atoms with Crippen LogP contribution in [-0.4, -0.2) is 34.7 Å². The van der Waals surface area contributed by atoms with Gasteiger partial charge in [0.25, 0.3) is 10.0 Å². The lowest BCUT2D eigenvalue weighted by molar-refractivity contribution is 0.0378. The van der Waals surface area contributed by atoms with Gasteiger partial charge >= 0.3 is 5.97 Å². The summed E-state index contributed by atoms with van der Waals surface area (Å²) in [5.41, 5.74) is 0.135. The molecule has 0 aliphatic carbocycles. The molecule has 2 aromatic rings. The second kappa shape index (κ2) is 8.26. The number of nitrogens with one attached hydrogen (secondary N) is 1. The van der Waals surface area contributed by atoms with Gasteiger partial charge in [-0.25, -0.2) is 17.6 Å². The highest BCUT2D eigenvalue weighted by Crippen LogP contribution is 2.31. The number of carbonyl (C=O) groups excluding carboxylic acids is 1. The Kier molecular flexibility index (Phi) is 6.27. The number of halogens is 1. The Balaban J connectivity index is 2.46. The second-order valence-corrected chi connectivity index (χ2v) is 7.42. The molecule has 27 heavy (non-hydrogen) atoms. The van der Waals surface area contributed by atoms with E-state index in [-0.39, 0.29) is 33.7 Å². The fourth-order valence-corrected chi connectivity index (χ4v) is 3.50. The van der Waals surface area contributed by atoms with Crippen molar-refractivity contribution in [2.45, 2.75) is 24.8 Å². The van der Waals surface area contributed by atoms with Crippen LogP contribution in [0.4, 0.5) is 10.1 Å². The van der Waals surface area contributed by atoms with Crippen molar-refractivity contribution < 1.29 is 31.8 Å². The summed E-state index contributed by atoms with van der Waals surface area (Å²) in [6.07, 6.45) is -0.337. The van der Waals surface area contributed by atoms with Crippen LogP contribution in [0.25, 0.3) is 0 Å². The van der Waals surface area contributed by atoms with E-state index in [1.165, 1.54) is 38.5 Å². The Hall–Kier alpha value is -2.81. The molecule has 0 aliphatic heterocycles. The molecule has 0 saturated carbocycles. The predicted octanol–water partition coefficient (Wildman–Crippen LogP) is 3.21. The minimum absolute atomic E-state index is 0.00187. The Bertz CT molecular complexity index is 943. The minimum atomic E-state index is -4.22. The molecule has 0 bridgehead atoms. The molecular weight excluding hydrogens is 377 g/mol. The van der Waals surface area contributed by atoms with Gasteiger partial charge in [-0.05, 0) is 50.2 Å². The summed E-state index contributed by atoms with van der Waals surface area (Å²) in [6, 6.07) is 7.29. The monoisotopic (exact) mass is 397 g/mol. The smallest absolute Gasteiger partial charge is 0.338 e. The molecule has 0 unspecified atom stereocenters. The highest BCUT2D eigenvalue weighted by atomic mass is 32.2. The first-order chi connectivity index (χ1) is 12.7. The van der Waals surface area contributed by atoms with Crippen LogP contribution < -0.4 is 14.2 Å². The summed E-state index contributed by atoms with van der Waals surface area (Å²) in [5.74, 6) is -1.21. The van der Waals surface area contributed by atoms with Crippen molar-refractivity contribution in [2.75, 3.05) is 18.9 Å². The normalized spacial score (nSPS) is 11.2. The largest absolute Gasteiger partial charge is 0.495 e. The van der Waals surface area contributed by atoms with Gasteiger partial charge in [-0.2, -0.15) is 0 Å². The van der Waals surface area contributed by atoms with Gasteiger partial charge < -0.3 is 14.2 Å². The van der Waals surface area contributed by atoms with Gasteiger partial charge in [-0.3, -0.25) is 4.72 Å². The zero-order valence-corrected chi connectivity index (χ0v) is 16.1. The fraction of sp³-hybridized carbons (Fsp3) is 0.278. The van der Waals surface area contributed by atoms with Crippen molar-refractivity contribution in [3.63, 3.8) is 0 Å². The van der Waals surface area contributed by atoms with Gasteiger partial charge in [-0.15, -0.1) is 0 Å². The Morgan fingerprint density at radius 1 is 1.04 bits per heavy atom. The maximum absolute atomic E-state index is 13.6. The molecular formula is C18H20FNO6S. The van der Waals surface area contributed by atoms with E-state index in [0.29, 0.717) is 0 Å².